The number of halogens is 3. The molecule has 0 N–H and O–H groups in total. The van der Waals surface area contributed by atoms with Gasteiger partial charge in [0.1, 0.15) is 0 Å². The van der Waals surface area contributed by atoms with Crippen molar-refractivity contribution in [1.82, 2.24) is 4.31 Å². The standard InChI is InChI=1S/C14H12Br3NO2S/c1-18(9-10-3-2-4-11(15)7-10)21(19,20)14-8-12(16)5-6-13(14)17/h2-8H,9H2,1H3. The first-order valence-electron chi connectivity index (χ1n) is 5.96. The maximum absolute atomic E-state index is 12.7. The van der Waals surface area contributed by atoms with Crippen LogP contribution in [0.15, 0.2) is 60.8 Å². The van der Waals surface area contributed by atoms with Crippen LogP contribution >= 0.6 is 47.8 Å². The van der Waals surface area contributed by atoms with E-state index in [1.807, 2.05) is 24.3 Å². The zero-order valence-corrected chi connectivity index (χ0v) is 16.6. The van der Waals surface area contributed by atoms with Gasteiger partial charge in [-0.1, -0.05) is 44.0 Å². The fraction of sp³-hybridized carbons (Fsp3) is 0.143. The summed E-state index contributed by atoms with van der Waals surface area (Å²) < 4.78 is 28.8. The minimum absolute atomic E-state index is 0.245. The third kappa shape index (κ3) is 4.16. The lowest BCUT2D eigenvalue weighted by Gasteiger charge is -2.18. The Morgan fingerprint density at radius 1 is 1.00 bits per heavy atom. The molecule has 21 heavy (non-hydrogen) atoms. The van der Waals surface area contributed by atoms with Gasteiger partial charge in [0.25, 0.3) is 0 Å². The molecule has 2 rings (SSSR count). The number of hydrogen-bond acceptors (Lipinski definition) is 2. The topological polar surface area (TPSA) is 37.4 Å². The van der Waals surface area contributed by atoms with Crippen LogP contribution in [0.4, 0.5) is 0 Å². The summed E-state index contributed by atoms with van der Waals surface area (Å²) >= 11 is 9.99. The van der Waals surface area contributed by atoms with Gasteiger partial charge in [-0.3, -0.25) is 0 Å². The fourth-order valence-electron chi connectivity index (χ4n) is 1.82. The van der Waals surface area contributed by atoms with Crippen LogP contribution in [0.5, 0.6) is 0 Å². The Bertz CT molecular complexity index is 763. The van der Waals surface area contributed by atoms with E-state index in [1.54, 1.807) is 25.2 Å². The fourth-order valence-corrected chi connectivity index (χ4v) is 4.88. The van der Waals surface area contributed by atoms with E-state index in [4.69, 9.17) is 0 Å². The first kappa shape index (κ1) is 17.1. The van der Waals surface area contributed by atoms with Gasteiger partial charge in [0.05, 0.1) is 4.90 Å². The van der Waals surface area contributed by atoms with E-state index in [1.165, 1.54) is 4.31 Å². The Morgan fingerprint density at radius 3 is 2.33 bits per heavy atom. The van der Waals surface area contributed by atoms with Crippen molar-refractivity contribution in [1.29, 1.82) is 0 Å². The zero-order valence-electron chi connectivity index (χ0n) is 11.1. The lowest BCUT2D eigenvalue weighted by Crippen LogP contribution is -2.26. The van der Waals surface area contributed by atoms with Gasteiger partial charge in [-0.25, -0.2) is 8.42 Å². The summed E-state index contributed by atoms with van der Waals surface area (Å²) in [5, 5.41) is 0. The largest absolute Gasteiger partial charge is 0.244 e. The third-order valence-electron chi connectivity index (χ3n) is 2.88. The Balaban J connectivity index is 2.33. The summed E-state index contributed by atoms with van der Waals surface area (Å²) in [6.07, 6.45) is 0. The van der Waals surface area contributed by atoms with E-state index in [9.17, 15) is 8.42 Å². The number of benzene rings is 2. The molecule has 7 heteroatoms. The molecule has 0 amide bonds. The molecule has 0 atom stereocenters. The molecule has 2 aromatic carbocycles. The number of rotatable bonds is 4. The van der Waals surface area contributed by atoms with E-state index < -0.39 is 10.0 Å². The van der Waals surface area contributed by atoms with E-state index in [2.05, 4.69) is 47.8 Å². The van der Waals surface area contributed by atoms with Gasteiger partial charge in [0.15, 0.2) is 0 Å². The van der Waals surface area contributed by atoms with Crippen molar-refractivity contribution in [3.8, 4) is 0 Å². The second-order valence-corrected chi connectivity index (χ2v) is 9.16. The second kappa shape index (κ2) is 6.91. The molecule has 0 saturated carbocycles. The molecule has 0 spiro atoms. The zero-order chi connectivity index (χ0) is 15.6. The molecule has 112 valence electrons. The highest BCUT2D eigenvalue weighted by Crippen LogP contribution is 2.28. The Labute approximate surface area is 149 Å². The van der Waals surface area contributed by atoms with Crippen molar-refractivity contribution >= 4 is 57.8 Å². The van der Waals surface area contributed by atoms with E-state index in [0.717, 1.165) is 14.5 Å². The van der Waals surface area contributed by atoms with Crippen molar-refractivity contribution in [2.45, 2.75) is 11.4 Å². The molecule has 0 bridgehead atoms. The van der Waals surface area contributed by atoms with E-state index in [-0.39, 0.29) is 4.90 Å². The molecule has 0 radical (unpaired) electrons. The minimum Gasteiger partial charge on any atom is -0.207 e. The number of sulfonamides is 1. The van der Waals surface area contributed by atoms with Crippen LogP contribution in [-0.2, 0) is 16.6 Å². The van der Waals surface area contributed by atoms with Crippen LogP contribution in [-0.4, -0.2) is 19.8 Å². The molecule has 2 aromatic rings. The van der Waals surface area contributed by atoms with Gasteiger partial charge in [0, 0.05) is 27.0 Å². The van der Waals surface area contributed by atoms with Crippen LogP contribution in [0, 0.1) is 0 Å². The molecular formula is C14H12Br3NO2S. The lowest BCUT2D eigenvalue weighted by atomic mass is 10.2. The van der Waals surface area contributed by atoms with Gasteiger partial charge in [-0.05, 0) is 51.8 Å². The predicted molar refractivity (Wildman–Crippen MR) is 94.6 cm³/mol. The average molecular weight is 498 g/mol. The van der Waals surface area contributed by atoms with E-state index in [0.29, 0.717) is 11.0 Å². The molecular weight excluding hydrogens is 486 g/mol. The van der Waals surface area contributed by atoms with Crippen molar-refractivity contribution in [2.24, 2.45) is 0 Å². The number of nitrogens with zero attached hydrogens (tertiary/aromatic N) is 1. The summed E-state index contributed by atoms with van der Waals surface area (Å²) in [6, 6.07) is 12.7. The Hall–Kier alpha value is -0.210. The minimum atomic E-state index is -3.56. The highest BCUT2D eigenvalue weighted by atomic mass is 79.9. The van der Waals surface area contributed by atoms with Crippen LogP contribution < -0.4 is 0 Å². The van der Waals surface area contributed by atoms with Crippen molar-refractivity contribution in [2.75, 3.05) is 7.05 Å². The smallest absolute Gasteiger partial charge is 0.207 e. The Kier molecular flexibility index (Phi) is 5.65. The van der Waals surface area contributed by atoms with Crippen LogP contribution in [0.3, 0.4) is 0 Å². The second-order valence-electron chi connectivity index (χ2n) is 4.47. The summed E-state index contributed by atoms with van der Waals surface area (Å²) in [6.45, 7) is 0.306. The molecule has 0 unspecified atom stereocenters. The molecule has 0 saturated heterocycles. The quantitative estimate of drug-likeness (QED) is 0.608. The first-order valence-corrected chi connectivity index (χ1v) is 9.78. The van der Waals surface area contributed by atoms with E-state index >= 15 is 0 Å². The van der Waals surface area contributed by atoms with Gasteiger partial charge in [0.2, 0.25) is 10.0 Å². The first-order chi connectivity index (χ1) is 9.80. The van der Waals surface area contributed by atoms with Crippen LogP contribution in [0.25, 0.3) is 0 Å². The normalized spacial score (nSPS) is 11.9. The number of hydrogen-bond donors (Lipinski definition) is 0. The molecule has 0 aliphatic rings. The van der Waals surface area contributed by atoms with Crippen molar-refractivity contribution < 1.29 is 8.42 Å². The molecule has 3 nitrogen and oxygen atoms in total. The van der Waals surface area contributed by atoms with Gasteiger partial charge < -0.3 is 0 Å². The summed E-state index contributed by atoms with van der Waals surface area (Å²) in [7, 11) is -1.99. The summed E-state index contributed by atoms with van der Waals surface area (Å²) in [5.41, 5.74) is 0.918. The average Bonchev–Trinajstić information content (AvgIpc) is 2.41. The maximum atomic E-state index is 12.7. The van der Waals surface area contributed by atoms with Crippen LogP contribution in [0.2, 0.25) is 0 Å². The molecule has 0 fully saturated rings. The molecule has 0 aliphatic heterocycles. The van der Waals surface area contributed by atoms with Gasteiger partial charge in [-0.15, -0.1) is 0 Å². The lowest BCUT2D eigenvalue weighted by molar-refractivity contribution is 0.466. The molecule has 0 aliphatic carbocycles. The summed E-state index contributed by atoms with van der Waals surface area (Å²) in [4.78, 5) is 0.245. The van der Waals surface area contributed by atoms with Crippen molar-refractivity contribution in [3.63, 3.8) is 0 Å². The SMILES string of the molecule is CN(Cc1cccc(Br)c1)S(=O)(=O)c1cc(Br)ccc1Br. The molecule has 0 aromatic heterocycles. The summed E-state index contributed by atoms with van der Waals surface area (Å²) in [5.74, 6) is 0. The Morgan fingerprint density at radius 2 is 1.67 bits per heavy atom. The van der Waals surface area contributed by atoms with Gasteiger partial charge in [-0.2, -0.15) is 4.31 Å². The highest BCUT2D eigenvalue weighted by Gasteiger charge is 2.23. The molecule has 0 heterocycles. The van der Waals surface area contributed by atoms with Gasteiger partial charge >= 0.3 is 0 Å². The third-order valence-corrected chi connectivity index (χ3v) is 6.66. The maximum Gasteiger partial charge on any atom is 0.244 e. The van der Waals surface area contributed by atoms with Crippen molar-refractivity contribution in [3.05, 3.63) is 61.4 Å². The highest BCUT2D eigenvalue weighted by molar-refractivity contribution is 9.11. The monoisotopic (exact) mass is 495 g/mol. The van der Waals surface area contributed by atoms with Crippen LogP contribution in [0.1, 0.15) is 5.56 Å². The predicted octanol–water partition coefficient (Wildman–Crippen LogP) is 4.79.